The maximum absolute atomic E-state index is 13.0. The standard InChI is InChI=1S/C29H29NO4S2/c1-20-14-21(2)16-24(15-20)33-12-7-13-34-25-11-10-23(17-26(25)32-3)18-27-28(31)30(29(35)36-27)19-22-8-5-4-6-9-22/h4-6,8-11,14-18H,7,12-13,19H2,1-3H3. The summed E-state index contributed by atoms with van der Waals surface area (Å²) in [5, 5.41) is 0. The van der Waals surface area contributed by atoms with Gasteiger partial charge in [0.1, 0.15) is 10.1 Å². The highest BCUT2D eigenvalue weighted by Crippen LogP contribution is 2.35. The number of hydrogen-bond donors (Lipinski definition) is 0. The van der Waals surface area contributed by atoms with E-state index < -0.39 is 0 Å². The highest BCUT2D eigenvalue weighted by Gasteiger charge is 2.32. The third-order valence-corrected chi connectivity index (χ3v) is 6.93. The van der Waals surface area contributed by atoms with Crippen LogP contribution in [0.4, 0.5) is 0 Å². The van der Waals surface area contributed by atoms with Gasteiger partial charge in [-0.2, -0.15) is 0 Å². The van der Waals surface area contributed by atoms with Crippen LogP contribution in [0.1, 0.15) is 28.7 Å². The number of methoxy groups -OCH3 is 1. The molecule has 4 rings (SSSR count). The van der Waals surface area contributed by atoms with Gasteiger partial charge in [0.05, 0.1) is 31.8 Å². The summed E-state index contributed by atoms with van der Waals surface area (Å²) in [5.41, 5.74) is 4.25. The molecule has 0 unspecified atom stereocenters. The minimum Gasteiger partial charge on any atom is -0.493 e. The molecule has 36 heavy (non-hydrogen) atoms. The Morgan fingerprint density at radius 3 is 2.36 bits per heavy atom. The number of carbonyl (C=O) groups excluding carboxylic acids is 1. The number of aryl methyl sites for hydroxylation is 2. The van der Waals surface area contributed by atoms with Gasteiger partial charge >= 0.3 is 0 Å². The Hall–Kier alpha value is -3.29. The van der Waals surface area contributed by atoms with E-state index in [9.17, 15) is 4.79 Å². The van der Waals surface area contributed by atoms with Crippen LogP contribution in [0.3, 0.4) is 0 Å². The number of ether oxygens (including phenoxy) is 3. The fraction of sp³-hybridized carbons (Fsp3) is 0.241. The highest BCUT2D eigenvalue weighted by molar-refractivity contribution is 8.26. The van der Waals surface area contributed by atoms with Crippen LogP contribution in [0.5, 0.6) is 17.2 Å². The van der Waals surface area contributed by atoms with Gasteiger partial charge in [-0.05, 0) is 66.4 Å². The Kier molecular flexibility index (Phi) is 8.67. The molecular weight excluding hydrogens is 490 g/mol. The molecule has 1 fully saturated rings. The molecule has 0 spiro atoms. The van der Waals surface area contributed by atoms with E-state index in [4.69, 9.17) is 26.4 Å². The number of benzene rings is 3. The summed E-state index contributed by atoms with van der Waals surface area (Å²) < 4.78 is 17.9. The topological polar surface area (TPSA) is 48.0 Å². The summed E-state index contributed by atoms with van der Waals surface area (Å²) in [6.45, 7) is 5.65. The lowest BCUT2D eigenvalue weighted by Crippen LogP contribution is -2.27. The normalized spacial score (nSPS) is 14.4. The van der Waals surface area contributed by atoms with Crippen LogP contribution in [0.25, 0.3) is 6.08 Å². The average Bonchev–Trinajstić information content (AvgIpc) is 3.11. The quantitative estimate of drug-likeness (QED) is 0.172. The second-order valence-corrected chi connectivity index (χ2v) is 10.2. The predicted octanol–water partition coefficient (Wildman–Crippen LogP) is 6.56. The Bertz CT molecular complexity index is 1250. The van der Waals surface area contributed by atoms with Crippen molar-refractivity contribution in [3.63, 3.8) is 0 Å². The number of carbonyl (C=O) groups is 1. The average molecular weight is 520 g/mol. The zero-order valence-electron chi connectivity index (χ0n) is 20.7. The Balaban J connectivity index is 1.34. The molecule has 1 saturated heterocycles. The van der Waals surface area contributed by atoms with Crippen LogP contribution in [0, 0.1) is 13.8 Å². The minimum atomic E-state index is -0.0862. The van der Waals surface area contributed by atoms with E-state index >= 15 is 0 Å². The van der Waals surface area contributed by atoms with Crippen molar-refractivity contribution in [1.82, 2.24) is 4.90 Å². The van der Waals surface area contributed by atoms with E-state index in [2.05, 4.69) is 19.9 Å². The maximum Gasteiger partial charge on any atom is 0.266 e. The van der Waals surface area contributed by atoms with Crippen LogP contribution in [-0.4, -0.2) is 35.5 Å². The second kappa shape index (κ2) is 12.1. The van der Waals surface area contributed by atoms with Crippen molar-refractivity contribution in [3.8, 4) is 17.2 Å². The number of nitrogens with zero attached hydrogens (tertiary/aromatic N) is 1. The number of hydrogen-bond acceptors (Lipinski definition) is 6. The van der Waals surface area contributed by atoms with Crippen LogP contribution < -0.4 is 14.2 Å². The molecule has 0 saturated carbocycles. The SMILES string of the molecule is COc1cc(C=C2SC(=S)N(Cc3ccccc3)C2=O)ccc1OCCCOc1cc(C)cc(C)c1. The van der Waals surface area contributed by atoms with Gasteiger partial charge in [0.2, 0.25) is 0 Å². The van der Waals surface area contributed by atoms with E-state index in [0.29, 0.717) is 40.5 Å². The van der Waals surface area contributed by atoms with E-state index in [0.717, 1.165) is 23.3 Å². The fourth-order valence-electron chi connectivity index (χ4n) is 3.89. The zero-order valence-corrected chi connectivity index (χ0v) is 22.3. The van der Waals surface area contributed by atoms with Gasteiger partial charge in [0, 0.05) is 6.42 Å². The van der Waals surface area contributed by atoms with Gasteiger partial charge in [-0.3, -0.25) is 9.69 Å². The highest BCUT2D eigenvalue weighted by atomic mass is 32.2. The second-order valence-electron chi connectivity index (χ2n) is 8.54. The van der Waals surface area contributed by atoms with Gasteiger partial charge in [-0.25, -0.2) is 0 Å². The number of thiocarbonyl (C=S) groups is 1. The van der Waals surface area contributed by atoms with Crippen molar-refractivity contribution in [3.05, 3.63) is 93.9 Å². The summed E-state index contributed by atoms with van der Waals surface area (Å²) in [4.78, 5) is 15.2. The summed E-state index contributed by atoms with van der Waals surface area (Å²) in [6, 6.07) is 21.7. The first-order valence-corrected chi connectivity index (χ1v) is 13.0. The van der Waals surface area contributed by atoms with E-state index in [1.807, 2.05) is 66.7 Å². The lowest BCUT2D eigenvalue weighted by atomic mass is 10.1. The first-order chi connectivity index (χ1) is 17.4. The van der Waals surface area contributed by atoms with Gasteiger partial charge in [0.15, 0.2) is 11.5 Å². The van der Waals surface area contributed by atoms with Crippen molar-refractivity contribution in [2.24, 2.45) is 0 Å². The maximum atomic E-state index is 13.0. The molecule has 0 bridgehead atoms. The molecule has 186 valence electrons. The Morgan fingerprint density at radius 2 is 1.64 bits per heavy atom. The summed E-state index contributed by atoms with van der Waals surface area (Å²) >= 11 is 6.78. The van der Waals surface area contributed by atoms with Gasteiger partial charge in [-0.1, -0.05) is 66.4 Å². The van der Waals surface area contributed by atoms with Crippen LogP contribution in [0.15, 0.2) is 71.6 Å². The lowest BCUT2D eigenvalue weighted by Gasteiger charge is -2.14. The van der Waals surface area contributed by atoms with E-state index in [1.54, 1.807) is 12.0 Å². The molecule has 1 heterocycles. The lowest BCUT2D eigenvalue weighted by molar-refractivity contribution is -0.122. The Morgan fingerprint density at radius 1 is 0.917 bits per heavy atom. The zero-order chi connectivity index (χ0) is 25.5. The number of amides is 1. The fourth-order valence-corrected chi connectivity index (χ4v) is 5.15. The molecule has 3 aromatic rings. The van der Waals surface area contributed by atoms with Crippen molar-refractivity contribution in [1.29, 1.82) is 0 Å². The molecule has 1 aliphatic rings. The van der Waals surface area contributed by atoms with Crippen molar-refractivity contribution < 1.29 is 19.0 Å². The van der Waals surface area contributed by atoms with Gasteiger partial charge in [-0.15, -0.1) is 0 Å². The van der Waals surface area contributed by atoms with E-state index in [1.165, 1.54) is 22.9 Å². The molecule has 7 heteroatoms. The number of rotatable bonds is 10. The Labute approximate surface area is 222 Å². The molecule has 0 aliphatic carbocycles. The molecule has 0 aromatic heterocycles. The molecule has 0 radical (unpaired) electrons. The van der Waals surface area contributed by atoms with Gasteiger partial charge in [0.25, 0.3) is 5.91 Å². The molecule has 0 N–H and O–H groups in total. The largest absolute Gasteiger partial charge is 0.493 e. The number of thioether (sulfide) groups is 1. The first-order valence-electron chi connectivity index (χ1n) is 11.7. The van der Waals surface area contributed by atoms with Crippen LogP contribution in [0.2, 0.25) is 0 Å². The molecule has 3 aromatic carbocycles. The summed E-state index contributed by atoms with van der Waals surface area (Å²) in [7, 11) is 1.61. The molecule has 0 atom stereocenters. The summed E-state index contributed by atoms with van der Waals surface area (Å²) in [5.74, 6) is 2.05. The van der Waals surface area contributed by atoms with Crippen LogP contribution >= 0.6 is 24.0 Å². The van der Waals surface area contributed by atoms with Crippen molar-refractivity contribution in [2.75, 3.05) is 20.3 Å². The third kappa shape index (κ3) is 6.68. The van der Waals surface area contributed by atoms with Gasteiger partial charge < -0.3 is 14.2 Å². The molecule has 1 amide bonds. The molecule has 1 aliphatic heterocycles. The minimum absolute atomic E-state index is 0.0862. The molecular formula is C29H29NO4S2. The van der Waals surface area contributed by atoms with Crippen molar-refractivity contribution >= 4 is 40.3 Å². The predicted molar refractivity (Wildman–Crippen MR) is 150 cm³/mol. The first kappa shape index (κ1) is 25.8. The molecule has 5 nitrogen and oxygen atoms in total. The smallest absolute Gasteiger partial charge is 0.266 e. The monoisotopic (exact) mass is 519 g/mol. The summed E-state index contributed by atoms with van der Waals surface area (Å²) in [6.07, 6.45) is 2.58. The third-order valence-electron chi connectivity index (χ3n) is 5.55. The van der Waals surface area contributed by atoms with Crippen LogP contribution in [-0.2, 0) is 11.3 Å². The van der Waals surface area contributed by atoms with Crippen molar-refractivity contribution in [2.45, 2.75) is 26.8 Å². The van der Waals surface area contributed by atoms with E-state index in [-0.39, 0.29) is 5.91 Å².